The van der Waals surface area contributed by atoms with Crippen LogP contribution in [0.2, 0.25) is 0 Å². The minimum absolute atomic E-state index is 0.214. The van der Waals surface area contributed by atoms with Gasteiger partial charge in [-0.3, -0.25) is 0 Å². The Morgan fingerprint density at radius 3 is 2.36 bits per heavy atom. The fraction of sp³-hybridized carbons (Fsp3) is 1.00. The average molecular weight is 204 g/mol. The monoisotopic (exact) mass is 204 g/mol. The Labute approximate surface area is 86.9 Å². The molecular formula is C10H24N2O2. The minimum Gasteiger partial charge on any atom is -0.393 e. The van der Waals surface area contributed by atoms with E-state index < -0.39 is 0 Å². The maximum Gasteiger partial charge on any atom is 0.0791 e. The van der Waals surface area contributed by atoms with Crippen molar-refractivity contribution in [1.82, 2.24) is 10.2 Å². The molecule has 4 heteroatoms. The molecule has 0 saturated carbocycles. The predicted molar refractivity (Wildman–Crippen MR) is 58.3 cm³/mol. The fourth-order valence-corrected chi connectivity index (χ4v) is 1.23. The highest BCUT2D eigenvalue weighted by Gasteiger charge is 2.05. The summed E-state index contributed by atoms with van der Waals surface area (Å²) in [6.45, 7) is 3.99. The van der Waals surface area contributed by atoms with Crippen LogP contribution in [0, 0.1) is 0 Å². The smallest absolute Gasteiger partial charge is 0.0791 e. The second kappa shape index (κ2) is 8.17. The van der Waals surface area contributed by atoms with Crippen molar-refractivity contribution < 1.29 is 10.2 Å². The normalized spacial score (nSPS) is 15.9. The molecule has 2 unspecified atom stereocenters. The van der Waals surface area contributed by atoms with Crippen molar-refractivity contribution >= 4 is 0 Å². The van der Waals surface area contributed by atoms with E-state index in [1.165, 1.54) is 0 Å². The molecule has 0 aromatic rings. The van der Waals surface area contributed by atoms with Crippen LogP contribution in [-0.4, -0.2) is 61.1 Å². The van der Waals surface area contributed by atoms with Crippen LogP contribution in [0.3, 0.4) is 0 Å². The van der Waals surface area contributed by atoms with Crippen LogP contribution in [0.4, 0.5) is 0 Å². The quantitative estimate of drug-likeness (QED) is 0.473. The van der Waals surface area contributed by atoms with E-state index in [0.717, 1.165) is 19.4 Å². The van der Waals surface area contributed by atoms with Crippen LogP contribution in [0.25, 0.3) is 0 Å². The highest BCUT2D eigenvalue weighted by atomic mass is 16.3. The van der Waals surface area contributed by atoms with Gasteiger partial charge in [-0.1, -0.05) is 6.92 Å². The van der Waals surface area contributed by atoms with Gasteiger partial charge in [0.15, 0.2) is 0 Å². The molecule has 0 heterocycles. The van der Waals surface area contributed by atoms with Gasteiger partial charge in [0, 0.05) is 13.1 Å². The topological polar surface area (TPSA) is 55.7 Å². The van der Waals surface area contributed by atoms with Gasteiger partial charge in [0.25, 0.3) is 0 Å². The van der Waals surface area contributed by atoms with Gasteiger partial charge in [-0.25, -0.2) is 0 Å². The largest absolute Gasteiger partial charge is 0.393 e. The van der Waals surface area contributed by atoms with E-state index in [1.54, 1.807) is 0 Å². The number of hydrogen-bond donors (Lipinski definition) is 3. The first-order chi connectivity index (χ1) is 6.56. The zero-order valence-corrected chi connectivity index (χ0v) is 9.53. The molecule has 0 aliphatic heterocycles. The van der Waals surface area contributed by atoms with Crippen molar-refractivity contribution in [3.63, 3.8) is 0 Å². The van der Waals surface area contributed by atoms with Gasteiger partial charge in [-0.2, -0.15) is 0 Å². The third-order valence-corrected chi connectivity index (χ3v) is 2.08. The fourth-order valence-electron chi connectivity index (χ4n) is 1.23. The Bertz CT molecular complexity index is 131. The lowest BCUT2D eigenvalue weighted by atomic mass is 10.2. The number of hydrogen-bond acceptors (Lipinski definition) is 4. The molecule has 14 heavy (non-hydrogen) atoms. The number of rotatable bonds is 8. The van der Waals surface area contributed by atoms with Gasteiger partial charge in [-0.15, -0.1) is 0 Å². The number of nitrogens with zero attached hydrogens (tertiary/aromatic N) is 1. The van der Waals surface area contributed by atoms with Gasteiger partial charge < -0.3 is 20.4 Å². The van der Waals surface area contributed by atoms with Crippen LogP contribution in [0.15, 0.2) is 0 Å². The molecular weight excluding hydrogens is 180 g/mol. The molecule has 0 aliphatic rings. The molecule has 86 valence electrons. The number of likely N-dealkylation sites (N-methyl/N-ethyl adjacent to an activating group) is 1. The van der Waals surface area contributed by atoms with E-state index in [2.05, 4.69) is 5.32 Å². The van der Waals surface area contributed by atoms with E-state index in [1.807, 2.05) is 25.9 Å². The maximum absolute atomic E-state index is 9.48. The van der Waals surface area contributed by atoms with Crippen LogP contribution in [0.5, 0.6) is 0 Å². The second-order valence-electron chi connectivity index (χ2n) is 3.97. The van der Waals surface area contributed by atoms with Crippen molar-refractivity contribution in [3.8, 4) is 0 Å². The molecule has 2 atom stereocenters. The highest BCUT2D eigenvalue weighted by Crippen LogP contribution is 1.94. The molecule has 0 bridgehead atoms. The third kappa shape index (κ3) is 8.44. The average Bonchev–Trinajstić information content (AvgIpc) is 2.10. The molecule has 0 amide bonds. The number of nitrogens with one attached hydrogen (secondary N) is 1. The Morgan fingerprint density at radius 2 is 1.86 bits per heavy atom. The first-order valence-electron chi connectivity index (χ1n) is 5.27. The Hall–Kier alpha value is -0.160. The Morgan fingerprint density at radius 1 is 1.21 bits per heavy atom. The predicted octanol–water partition coefficient (Wildman–Crippen LogP) is -0.340. The summed E-state index contributed by atoms with van der Waals surface area (Å²) >= 11 is 0. The molecule has 0 radical (unpaired) electrons. The summed E-state index contributed by atoms with van der Waals surface area (Å²) in [5.74, 6) is 0. The molecule has 4 nitrogen and oxygen atoms in total. The lowest BCUT2D eigenvalue weighted by molar-refractivity contribution is 0.129. The molecule has 0 aromatic heterocycles. The summed E-state index contributed by atoms with van der Waals surface area (Å²) in [6, 6.07) is 0. The van der Waals surface area contributed by atoms with Gasteiger partial charge in [0.2, 0.25) is 0 Å². The van der Waals surface area contributed by atoms with Crippen LogP contribution >= 0.6 is 0 Å². The SMILES string of the molecule is CCC(O)CCNCC(O)CN(C)C. The number of aliphatic hydroxyl groups is 2. The van der Waals surface area contributed by atoms with Crippen molar-refractivity contribution in [2.75, 3.05) is 33.7 Å². The van der Waals surface area contributed by atoms with Gasteiger partial charge >= 0.3 is 0 Å². The van der Waals surface area contributed by atoms with Gasteiger partial charge in [-0.05, 0) is 33.5 Å². The van der Waals surface area contributed by atoms with E-state index in [-0.39, 0.29) is 12.2 Å². The minimum atomic E-state index is -0.330. The van der Waals surface area contributed by atoms with Crippen molar-refractivity contribution in [1.29, 1.82) is 0 Å². The molecule has 0 rings (SSSR count). The first kappa shape index (κ1) is 13.8. The van der Waals surface area contributed by atoms with Gasteiger partial charge in [0.1, 0.15) is 0 Å². The van der Waals surface area contributed by atoms with E-state index in [9.17, 15) is 10.2 Å². The van der Waals surface area contributed by atoms with Crippen LogP contribution < -0.4 is 5.32 Å². The van der Waals surface area contributed by atoms with Crippen molar-refractivity contribution in [3.05, 3.63) is 0 Å². The Balaban J connectivity index is 3.27. The zero-order chi connectivity index (χ0) is 11.0. The Kier molecular flexibility index (Phi) is 8.08. The third-order valence-electron chi connectivity index (χ3n) is 2.08. The van der Waals surface area contributed by atoms with Crippen LogP contribution in [0.1, 0.15) is 19.8 Å². The molecule has 0 spiro atoms. The van der Waals surface area contributed by atoms with E-state index in [4.69, 9.17) is 0 Å². The lowest BCUT2D eigenvalue weighted by Crippen LogP contribution is -2.35. The summed E-state index contributed by atoms with van der Waals surface area (Å²) in [4.78, 5) is 1.95. The van der Waals surface area contributed by atoms with E-state index >= 15 is 0 Å². The van der Waals surface area contributed by atoms with Crippen molar-refractivity contribution in [2.24, 2.45) is 0 Å². The number of aliphatic hydroxyl groups excluding tert-OH is 2. The van der Waals surface area contributed by atoms with Gasteiger partial charge in [0.05, 0.1) is 12.2 Å². The molecule has 0 aliphatic carbocycles. The van der Waals surface area contributed by atoms with Crippen molar-refractivity contribution in [2.45, 2.75) is 32.0 Å². The molecule has 0 fully saturated rings. The molecule has 0 aromatic carbocycles. The zero-order valence-electron chi connectivity index (χ0n) is 9.53. The second-order valence-corrected chi connectivity index (χ2v) is 3.97. The lowest BCUT2D eigenvalue weighted by Gasteiger charge is -2.16. The summed E-state index contributed by atoms with van der Waals surface area (Å²) in [6.07, 6.45) is 1.00. The summed E-state index contributed by atoms with van der Waals surface area (Å²) in [5.41, 5.74) is 0. The highest BCUT2D eigenvalue weighted by molar-refractivity contribution is 4.63. The molecule has 0 saturated heterocycles. The summed E-state index contributed by atoms with van der Waals surface area (Å²) in [5, 5.41) is 21.9. The summed E-state index contributed by atoms with van der Waals surface area (Å²) in [7, 11) is 3.87. The summed E-state index contributed by atoms with van der Waals surface area (Å²) < 4.78 is 0. The van der Waals surface area contributed by atoms with Crippen LogP contribution in [-0.2, 0) is 0 Å². The van der Waals surface area contributed by atoms with E-state index in [0.29, 0.717) is 13.1 Å². The molecule has 3 N–H and O–H groups in total. The first-order valence-corrected chi connectivity index (χ1v) is 5.27. The maximum atomic E-state index is 9.48. The standard InChI is InChI=1S/C10H24N2O2/c1-4-9(13)5-6-11-7-10(14)8-12(2)3/h9-11,13-14H,4-8H2,1-3H3.